The van der Waals surface area contributed by atoms with Crippen molar-refractivity contribution in [1.82, 2.24) is 21.3 Å². The largest absolute Gasteiger partial charge is 0.504 e. The molecule has 43 heavy (non-hydrogen) atoms. The van der Waals surface area contributed by atoms with Gasteiger partial charge in [-0.1, -0.05) is 0 Å². The van der Waals surface area contributed by atoms with Crippen LogP contribution in [0.25, 0.3) is 0 Å². The summed E-state index contributed by atoms with van der Waals surface area (Å²) in [5.74, 6) is -3.87. The van der Waals surface area contributed by atoms with Crippen molar-refractivity contribution in [3.63, 3.8) is 0 Å². The predicted molar refractivity (Wildman–Crippen MR) is 159 cm³/mol. The first-order valence-corrected chi connectivity index (χ1v) is 14.8. The van der Waals surface area contributed by atoms with Gasteiger partial charge >= 0.3 is 0 Å². The van der Waals surface area contributed by atoms with Crippen LogP contribution in [0.1, 0.15) is 59.2 Å². The predicted octanol–water partition coefficient (Wildman–Crippen LogP) is 1.39. The molecule has 0 aliphatic heterocycles. The number of hydrogen-bond donors (Lipinski definition) is 10. The Hall–Kier alpha value is -4.53. The molecule has 0 saturated carbocycles. The lowest BCUT2D eigenvalue weighted by molar-refractivity contribution is -0.121. The van der Waals surface area contributed by atoms with Gasteiger partial charge < -0.3 is 51.9 Å². The van der Waals surface area contributed by atoms with Crippen LogP contribution in [0.2, 0.25) is 0 Å². The lowest BCUT2D eigenvalue weighted by atomic mass is 10.1. The molecule has 0 fully saturated rings. The Morgan fingerprint density at radius 1 is 0.512 bits per heavy atom. The number of carbonyl (C=O) groups excluding carboxylic acids is 4. The summed E-state index contributed by atoms with van der Waals surface area (Å²) >= 11 is 1.49. The molecule has 0 atom stereocenters. The fraction of sp³-hybridized carbons (Fsp3) is 0.429. The van der Waals surface area contributed by atoms with E-state index in [1.807, 2.05) is 0 Å². The van der Waals surface area contributed by atoms with Crippen LogP contribution in [0.5, 0.6) is 34.5 Å². The smallest absolute Gasteiger partial charge is 0.251 e. The number of phenolic OH excluding ortho intramolecular Hbond substituents is 6. The van der Waals surface area contributed by atoms with Crippen molar-refractivity contribution < 1.29 is 49.8 Å². The van der Waals surface area contributed by atoms with E-state index < -0.39 is 46.3 Å². The minimum Gasteiger partial charge on any atom is -0.504 e. The molecule has 0 spiro atoms. The average Bonchev–Trinajstić information content (AvgIpc) is 2.97. The summed E-state index contributed by atoms with van der Waals surface area (Å²) in [6.45, 7) is 1.53. The average molecular weight is 623 g/mol. The van der Waals surface area contributed by atoms with Crippen LogP contribution in [0.4, 0.5) is 0 Å². The summed E-state index contributed by atoms with van der Waals surface area (Å²) in [5, 5.41) is 67.4. The third-order valence-electron chi connectivity index (χ3n) is 6.03. The molecular formula is C28H38N4O10S. The molecule has 4 amide bonds. The van der Waals surface area contributed by atoms with Crippen LogP contribution < -0.4 is 21.3 Å². The van der Waals surface area contributed by atoms with Crippen LogP contribution in [-0.2, 0) is 9.59 Å². The van der Waals surface area contributed by atoms with Gasteiger partial charge in [-0.2, -0.15) is 11.8 Å². The fourth-order valence-electron chi connectivity index (χ4n) is 3.64. The van der Waals surface area contributed by atoms with Crippen LogP contribution in [0.15, 0.2) is 24.3 Å². The number of phenols is 6. The topological polar surface area (TPSA) is 238 Å². The van der Waals surface area contributed by atoms with Crippen LogP contribution in [0.3, 0.4) is 0 Å². The molecular weight excluding hydrogens is 584 g/mol. The van der Waals surface area contributed by atoms with Gasteiger partial charge in [0.2, 0.25) is 11.8 Å². The summed E-state index contributed by atoms with van der Waals surface area (Å²) < 4.78 is 0. The van der Waals surface area contributed by atoms with E-state index in [0.717, 1.165) is 24.3 Å². The number of hydrogen-bond acceptors (Lipinski definition) is 11. The Labute approximate surface area is 252 Å². The summed E-state index contributed by atoms with van der Waals surface area (Å²) in [6.07, 6.45) is 3.07. The van der Waals surface area contributed by atoms with Crippen molar-refractivity contribution in [2.24, 2.45) is 0 Å². The summed E-state index contributed by atoms with van der Waals surface area (Å²) in [5.41, 5.74) is 0.0166. The highest BCUT2D eigenvalue weighted by Crippen LogP contribution is 2.36. The van der Waals surface area contributed by atoms with Gasteiger partial charge in [0.25, 0.3) is 11.8 Å². The van der Waals surface area contributed by atoms with Crippen molar-refractivity contribution in [1.29, 1.82) is 0 Å². The van der Waals surface area contributed by atoms with Gasteiger partial charge in [-0.15, -0.1) is 0 Å². The van der Waals surface area contributed by atoms with E-state index in [-0.39, 0.29) is 22.9 Å². The van der Waals surface area contributed by atoms with Gasteiger partial charge in [0.1, 0.15) is 0 Å². The van der Waals surface area contributed by atoms with Crippen molar-refractivity contribution in [2.75, 3.05) is 37.7 Å². The van der Waals surface area contributed by atoms with E-state index in [4.69, 9.17) is 0 Å². The van der Waals surface area contributed by atoms with E-state index in [2.05, 4.69) is 21.3 Å². The molecule has 0 bridgehead atoms. The van der Waals surface area contributed by atoms with Crippen molar-refractivity contribution in [3.05, 3.63) is 35.4 Å². The van der Waals surface area contributed by atoms with E-state index in [1.54, 1.807) is 0 Å². The van der Waals surface area contributed by atoms with E-state index in [1.165, 1.54) is 11.8 Å². The van der Waals surface area contributed by atoms with E-state index >= 15 is 0 Å². The quantitative estimate of drug-likeness (QED) is 0.0842. The van der Waals surface area contributed by atoms with Crippen LogP contribution in [-0.4, -0.2) is 92.0 Å². The molecule has 236 valence electrons. The number of amides is 4. The number of unbranched alkanes of at least 4 members (excludes halogenated alkanes) is 2. The van der Waals surface area contributed by atoms with Gasteiger partial charge in [-0.3, -0.25) is 19.2 Å². The fourth-order valence-corrected chi connectivity index (χ4v) is 4.51. The molecule has 0 aliphatic carbocycles. The van der Waals surface area contributed by atoms with Crippen LogP contribution >= 0.6 is 11.8 Å². The first kappa shape index (κ1) is 34.7. The molecule has 2 aromatic carbocycles. The molecule has 0 unspecified atom stereocenters. The molecule has 0 aliphatic rings. The minimum atomic E-state index is -0.692. The maximum absolute atomic E-state index is 12.0. The third-order valence-corrected chi connectivity index (χ3v) is 7.02. The Balaban J connectivity index is 1.42. The number of carbonyl (C=O) groups is 4. The Morgan fingerprint density at radius 3 is 1.14 bits per heavy atom. The standard InChI is InChI=1S/C28H38N4O10S/c33-19-13-17(14-20(34)25(19)39)27(41)31-9-3-1-7-29-23(37)5-11-43-12-6-24(38)30-8-2-4-10-32-28(42)18-15-21(35)26(40)22(36)16-18/h13-16,33-36,39-40H,1-12H2,(H,29,37)(H,30,38)(H,31,41)(H,32,42). The molecule has 0 aromatic heterocycles. The van der Waals surface area contributed by atoms with Crippen molar-refractivity contribution in [3.8, 4) is 34.5 Å². The first-order chi connectivity index (χ1) is 20.5. The zero-order valence-electron chi connectivity index (χ0n) is 23.5. The lowest BCUT2D eigenvalue weighted by Gasteiger charge is -2.09. The Morgan fingerprint density at radius 2 is 0.814 bits per heavy atom. The van der Waals surface area contributed by atoms with Crippen molar-refractivity contribution in [2.45, 2.75) is 38.5 Å². The minimum absolute atomic E-state index is 0.00829. The summed E-state index contributed by atoms with van der Waals surface area (Å²) in [6, 6.07) is 4.20. The number of rotatable bonds is 18. The number of benzene rings is 2. The molecule has 0 radical (unpaired) electrons. The third kappa shape index (κ3) is 12.5. The second kappa shape index (κ2) is 18.1. The summed E-state index contributed by atoms with van der Waals surface area (Å²) in [7, 11) is 0. The van der Waals surface area contributed by atoms with E-state index in [0.29, 0.717) is 76.2 Å². The second-order valence-electron chi connectivity index (χ2n) is 9.46. The lowest BCUT2D eigenvalue weighted by Crippen LogP contribution is -2.28. The van der Waals surface area contributed by atoms with Gasteiger partial charge in [-0.05, 0) is 49.9 Å². The second-order valence-corrected chi connectivity index (χ2v) is 10.7. The maximum Gasteiger partial charge on any atom is 0.251 e. The van der Waals surface area contributed by atoms with E-state index in [9.17, 15) is 49.8 Å². The molecule has 2 rings (SSSR count). The van der Waals surface area contributed by atoms with Crippen molar-refractivity contribution >= 4 is 35.4 Å². The molecule has 10 N–H and O–H groups in total. The Kier molecular flexibility index (Phi) is 14.6. The number of thioether (sulfide) groups is 1. The monoisotopic (exact) mass is 622 g/mol. The van der Waals surface area contributed by atoms with Gasteiger partial charge in [0.15, 0.2) is 34.5 Å². The van der Waals surface area contributed by atoms with Gasteiger partial charge in [0, 0.05) is 61.7 Å². The molecule has 0 heterocycles. The first-order valence-electron chi connectivity index (χ1n) is 13.7. The maximum atomic E-state index is 12.0. The molecule has 14 nitrogen and oxygen atoms in total. The normalized spacial score (nSPS) is 10.6. The number of nitrogens with one attached hydrogen (secondary N) is 4. The number of aromatic hydroxyl groups is 6. The summed E-state index contributed by atoms with van der Waals surface area (Å²) in [4.78, 5) is 48.0. The van der Waals surface area contributed by atoms with Crippen LogP contribution in [0, 0.1) is 0 Å². The zero-order chi connectivity index (χ0) is 31.8. The molecule has 2 aromatic rings. The zero-order valence-corrected chi connectivity index (χ0v) is 24.3. The Bertz CT molecular complexity index is 1130. The molecule has 15 heteroatoms. The highest BCUT2D eigenvalue weighted by atomic mass is 32.2. The van der Waals surface area contributed by atoms with Gasteiger partial charge in [-0.25, -0.2) is 0 Å². The molecule has 0 saturated heterocycles. The highest BCUT2D eigenvalue weighted by molar-refractivity contribution is 7.99. The highest BCUT2D eigenvalue weighted by Gasteiger charge is 2.14. The SMILES string of the molecule is O=C(CCSCCC(=O)NCCCCNC(=O)c1cc(O)c(O)c(O)c1)NCCCCNC(=O)c1cc(O)c(O)c(O)c1. The van der Waals surface area contributed by atoms with Gasteiger partial charge in [0.05, 0.1) is 0 Å².